The van der Waals surface area contributed by atoms with Crippen molar-refractivity contribution in [2.45, 2.75) is 0 Å². The molecule has 0 unspecified atom stereocenters. The van der Waals surface area contributed by atoms with Crippen molar-refractivity contribution in [2.75, 3.05) is 31.1 Å². The highest BCUT2D eigenvalue weighted by Crippen LogP contribution is 2.28. The number of anilines is 1. The van der Waals surface area contributed by atoms with Crippen LogP contribution < -0.4 is 10.2 Å². The van der Waals surface area contributed by atoms with E-state index in [-0.39, 0.29) is 19.1 Å². The van der Waals surface area contributed by atoms with Gasteiger partial charge in [-0.05, 0) is 30.3 Å². The third-order valence-electron chi connectivity index (χ3n) is 4.56. The van der Waals surface area contributed by atoms with Crippen LogP contribution >= 0.6 is 11.6 Å². The lowest BCUT2D eigenvalue weighted by molar-refractivity contribution is 0.198. The molecule has 0 spiro atoms. The lowest BCUT2D eigenvalue weighted by Gasteiger charge is -2.21. The lowest BCUT2D eigenvalue weighted by Crippen LogP contribution is -2.39. The van der Waals surface area contributed by atoms with Gasteiger partial charge in [0.05, 0.1) is 17.4 Å². The van der Waals surface area contributed by atoms with E-state index in [0.717, 1.165) is 10.6 Å². The van der Waals surface area contributed by atoms with Gasteiger partial charge in [-0.1, -0.05) is 11.6 Å². The molecule has 2 aromatic heterocycles. The Balaban J connectivity index is 1.72. The molecule has 3 aromatic rings. The van der Waals surface area contributed by atoms with E-state index in [9.17, 15) is 14.7 Å². The molecule has 10 heteroatoms. The average molecular weight is 401 g/mol. The molecule has 3 heterocycles. The highest BCUT2D eigenvalue weighted by Gasteiger charge is 2.25. The summed E-state index contributed by atoms with van der Waals surface area (Å²) in [5.74, 6) is 0.291. The predicted molar refractivity (Wildman–Crippen MR) is 104 cm³/mol. The van der Waals surface area contributed by atoms with Crippen LogP contribution in [0.15, 0.2) is 42.7 Å². The second-order valence-electron chi connectivity index (χ2n) is 6.26. The van der Waals surface area contributed by atoms with Crippen molar-refractivity contribution in [1.29, 1.82) is 0 Å². The van der Waals surface area contributed by atoms with Gasteiger partial charge in [-0.3, -0.25) is 9.88 Å². The molecule has 0 aliphatic carbocycles. The fraction of sp³-hybridized carbons (Fsp3) is 0.222. The van der Waals surface area contributed by atoms with E-state index in [4.69, 9.17) is 11.6 Å². The van der Waals surface area contributed by atoms with Crippen LogP contribution in [-0.4, -0.2) is 63.1 Å². The first-order valence-electron chi connectivity index (χ1n) is 8.66. The normalized spacial score (nSPS) is 13.8. The van der Waals surface area contributed by atoms with Crippen molar-refractivity contribution in [3.63, 3.8) is 0 Å². The van der Waals surface area contributed by atoms with Crippen molar-refractivity contribution in [2.24, 2.45) is 0 Å². The summed E-state index contributed by atoms with van der Waals surface area (Å²) in [6, 6.07) is 8.60. The fourth-order valence-electron chi connectivity index (χ4n) is 3.16. The van der Waals surface area contributed by atoms with E-state index in [1.165, 1.54) is 0 Å². The van der Waals surface area contributed by atoms with Crippen molar-refractivity contribution < 1.29 is 14.7 Å². The third kappa shape index (κ3) is 3.31. The first kappa shape index (κ1) is 18.1. The Bertz CT molecular complexity index is 1040. The van der Waals surface area contributed by atoms with Gasteiger partial charge in [-0.25, -0.2) is 14.3 Å². The molecule has 2 N–H and O–H groups in total. The average Bonchev–Trinajstić information content (AvgIpc) is 3.27. The molecule has 1 aliphatic rings. The summed E-state index contributed by atoms with van der Waals surface area (Å²) in [4.78, 5) is 30.5. The second kappa shape index (κ2) is 7.35. The summed E-state index contributed by atoms with van der Waals surface area (Å²) in [5.41, 5.74) is 1.41. The highest BCUT2D eigenvalue weighted by molar-refractivity contribution is 6.30. The SMILES string of the molecule is O=C1NCCN1CCN(C(=O)O)c1nn(-c2ccc(Cl)cc2)c2cnccc12. The van der Waals surface area contributed by atoms with E-state index in [2.05, 4.69) is 15.4 Å². The molecular weight excluding hydrogens is 384 g/mol. The number of aromatic nitrogens is 3. The van der Waals surface area contributed by atoms with Crippen LogP contribution in [0.5, 0.6) is 0 Å². The van der Waals surface area contributed by atoms with Gasteiger partial charge in [0.15, 0.2) is 5.82 Å². The van der Waals surface area contributed by atoms with Gasteiger partial charge in [0.2, 0.25) is 0 Å². The Labute approximate surface area is 165 Å². The maximum absolute atomic E-state index is 11.9. The number of carboxylic acid groups (broad SMARTS) is 1. The van der Waals surface area contributed by atoms with Crippen LogP contribution in [-0.2, 0) is 0 Å². The maximum atomic E-state index is 11.9. The Kier molecular flexibility index (Phi) is 4.74. The number of fused-ring (bicyclic) bond motifs is 1. The summed E-state index contributed by atoms with van der Waals surface area (Å²) < 4.78 is 1.63. The van der Waals surface area contributed by atoms with E-state index in [0.29, 0.717) is 34.8 Å². The zero-order valence-electron chi connectivity index (χ0n) is 14.7. The van der Waals surface area contributed by atoms with Crippen molar-refractivity contribution in [3.05, 3.63) is 47.7 Å². The monoisotopic (exact) mass is 400 g/mol. The first-order valence-corrected chi connectivity index (χ1v) is 9.04. The Hall–Kier alpha value is -3.33. The van der Waals surface area contributed by atoms with Gasteiger partial charge in [0.25, 0.3) is 0 Å². The molecule has 3 amide bonds. The highest BCUT2D eigenvalue weighted by atomic mass is 35.5. The van der Waals surface area contributed by atoms with Gasteiger partial charge in [0.1, 0.15) is 0 Å². The van der Waals surface area contributed by atoms with Gasteiger partial charge >= 0.3 is 12.1 Å². The van der Waals surface area contributed by atoms with Crippen LogP contribution in [0.25, 0.3) is 16.6 Å². The smallest absolute Gasteiger partial charge is 0.413 e. The van der Waals surface area contributed by atoms with Crippen molar-refractivity contribution in [1.82, 2.24) is 25.0 Å². The van der Waals surface area contributed by atoms with Gasteiger partial charge < -0.3 is 15.3 Å². The van der Waals surface area contributed by atoms with Crippen LogP contribution in [0, 0.1) is 0 Å². The standard InChI is InChI=1S/C18H17ClN6O3/c19-12-1-3-13(4-2-12)25-15-11-20-6-5-14(15)16(22-25)24(18(27)28)10-9-23-8-7-21-17(23)26/h1-6,11H,7-10H2,(H,21,26)(H,27,28). The summed E-state index contributed by atoms with van der Waals surface area (Å²) in [5, 5.41) is 18.2. The second-order valence-corrected chi connectivity index (χ2v) is 6.69. The van der Waals surface area contributed by atoms with Crippen LogP contribution in [0.1, 0.15) is 0 Å². The number of hydrogen-bond acceptors (Lipinski definition) is 4. The minimum atomic E-state index is -1.14. The molecule has 0 bridgehead atoms. The number of carbonyl (C=O) groups excluding carboxylic acids is 1. The molecule has 1 fully saturated rings. The molecule has 4 rings (SSSR count). The number of nitrogens with one attached hydrogen (secondary N) is 1. The fourth-order valence-corrected chi connectivity index (χ4v) is 3.29. The van der Waals surface area contributed by atoms with E-state index < -0.39 is 6.09 Å². The summed E-state index contributed by atoms with van der Waals surface area (Å²) >= 11 is 5.96. The molecule has 0 saturated carbocycles. The number of pyridine rings is 1. The first-order chi connectivity index (χ1) is 13.5. The maximum Gasteiger partial charge on any atom is 0.413 e. The van der Waals surface area contributed by atoms with Crippen molar-refractivity contribution >= 4 is 40.4 Å². The van der Waals surface area contributed by atoms with E-state index in [1.54, 1.807) is 52.3 Å². The molecule has 0 atom stereocenters. The summed E-state index contributed by atoms with van der Waals surface area (Å²) in [6.45, 7) is 1.50. The lowest BCUT2D eigenvalue weighted by atomic mass is 10.3. The Morgan fingerprint density at radius 1 is 1.29 bits per heavy atom. The number of nitrogens with zero attached hydrogens (tertiary/aromatic N) is 5. The number of benzene rings is 1. The summed E-state index contributed by atoms with van der Waals surface area (Å²) in [7, 11) is 0. The van der Waals surface area contributed by atoms with Crippen LogP contribution in [0.4, 0.5) is 15.4 Å². The number of carbonyl (C=O) groups is 2. The zero-order valence-corrected chi connectivity index (χ0v) is 15.5. The van der Waals surface area contributed by atoms with Gasteiger partial charge in [-0.15, -0.1) is 5.10 Å². The van der Waals surface area contributed by atoms with E-state index in [1.807, 2.05) is 0 Å². The third-order valence-corrected chi connectivity index (χ3v) is 4.81. The molecule has 1 aromatic carbocycles. The largest absolute Gasteiger partial charge is 0.465 e. The Morgan fingerprint density at radius 3 is 2.75 bits per heavy atom. The van der Waals surface area contributed by atoms with Crippen LogP contribution in [0.2, 0.25) is 5.02 Å². The minimum Gasteiger partial charge on any atom is -0.465 e. The minimum absolute atomic E-state index is 0.109. The predicted octanol–water partition coefficient (Wildman–Crippen LogP) is 2.58. The number of hydrogen-bond donors (Lipinski definition) is 2. The number of amides is 3. The van der Waals surface area contributed by atoms with Crippen molar-refractivity contribution in [3.8, 4) is 5.69 Å². The van der Waals surface area contributed by atoms with Gasteiger partial charge in [0, 0.05) is 42.8 Å². The topological polar surface area (TPSA) is 104 Å². The molecule has 1 aliphatic heterocycles. The Morgan fingerprint density at radius 2 is 2.07 bits per heavy atom. The number of urea groups is 1. The molecule has 1 saturated heterocycles. The number of halogens is 1. The summed E-state index contributed by atoms with van der Waals surface area (Å²) in [6.07, 6.45) is 2.08. The van der Waals surface area contributed by atoms with Crippen LogP contribution in [0.3, 0.4) is 0 Å². The molecular formula is C18H17ClN6O3. The van der Waals surface area contributed by atoms with E-state index >= 15 is 0 Å². The molecule has 28 heavy (non-hydrogen) atoms. The number of rotatable bonds is 5. The molecule has 9 nitrogen and oxygen atoms in total. The van der Waals surface area contributed by atoms with Gasteiger partial charge in [-0.2, -0.15) is 0 Å². The zero-order chi connectivity index (χ0) is 19.7. The molecule has 0 radical (unpaired) electrons. The molecule has 144 valence electrons. The quantitative estimate of drug-likeness (QED) is 0.685.